The van der Waals surface area contributed by atoms with Gasteiger partial charge in [0.2, 0.25) is 10.0 Å². The van der Waals surface area contributed by atoms with Gasteiger partial charge in [0.05, 0.1) is 10.9 Å². The summed E-state index contributed by atoms with van der Waals surface area (Å²) in [5.74, 6) is 0.312. The molecule has 1 fully saturated rings. The van der Waals surface area contributed by atoms with Gasteiger partial charge in [-0.3, -0.25) is 0 Å². The van der Waals surface area contributed by atoms with Gasteiger partial charge in [0, 0.05) is 11.2 Å². The zero-order chi connectivity index (χ0) is 18.9. The summed E-state index contributed by atoms with van der Waals surface area (Å²) in [7, 11) is -3.58. The van der Waals surface area contributed by atoms with E-state index in [4.69, 9.17) is 0 Å². The largest absolute Gasteiger partial charge is 0.357 e. The predicted molar refractivity (Wildman–Crippen MR) is 109 cm³/mol. The van der Waals surface area contributed by atoms with E-state index in [1.54, 1.807) is 12.1 Å². The lowest BCUT2D eigenvalue weighted by Gasteiger charge is -2.30. The van der Waals surface area contributed by atoms with E-state index in [1.807, 2.05) is 37.3 Å². The van der Waals surface area contributed by atoms with Gasteiger partial charge in [-0.25, -0.2) is 13.1 Å². The van der Waals surface area contributed by atoms with E-state index in [0.717, 1.165) is 47.8 Å². The van der Waals surface area contributed by atoms with E-state index < -0.39 is 10.0 Å². The van der Waals surface area contributed by atoms with Crippen LogP contribution in [0.5, 0.6) is 0 Å². The number of para-hydroxylation sites is 1. The number of nitrogens with one attached hydrogen (secondary N) is 2. The zero-order valence-electron chi connectivity index (χ0n) is 15.6. The van der Waals surface area contributed by atoms with E-state index in [1.165, 1.54) is 6.42 Å². The first-order valence-electron chi connectivity index (χ1n) is 9.69. The number of sulfonamides is 1. The highest BCUT2D eigenvalue weighted by Gasteiger charge is 2.30. The first-order valence-corrected chi connectivity index (χ1v) is 11.2. The number of aromatic nitrogens is 1. The van der Waals surface area contributed by atoms with E-state index in [0.29, 0.717) is 10.8 Å². The number of H-pyrrole nitrogens is 1. The third kappa shape index (κ3) is 3.94. The standard InChI is InChI=1S/C22H26N2O2S/c1-16-11-13-19(14-12-16)27(25,26)24-22(17-7-3-2-4-8-17)21-15-18-9-5-6-10-20(18)23-21/h5-6,9-15,17,22-24H,2-4,7-8H2,1H3. The third-order valence-electron chi connectivity index (χ3n) is 5.62. The van der Waals surface area contributed by atoms with Crippen molar-refractivity contribution in [3.8, 4) is 0 Å². The molecule has 1 atom stereocenters. The van der Waals surface area contributed by atoms with Gasteiger partial charge >= 0.3 is 0 Å². The number of fused-ring (bicyclic) bond motifs is 1. The molecule has 2 N–H and O–H groups in total. The van der Waals surface area contributed by atoms with Crippen molar-refractivity contribution in [3.05, 3.63) is 65.9 Å². The molecular formula is C22H26N2O2S. The number of hydrogen-bond acceptors (Lipinski definition) is 2. The fourth-order valence-corrected chi connectivity index (χ4v) is 5.38. The second-order valence-electron chi connectivity index (χ2n) is 7.62. The number of benzene rings is 2. The summed E-state index contributed by atoms with van der Waals surface area (Å²) in [4.78, 5) is 3.77. The van der Waals surface area contributed by atoms with Gasteiger partial charge in [-0.2, -0.15) is 0 Å². The van der Waals surface area contributed by atoms with Crippen LogP contribution in [0.2, 0.25) is 0 Å². The number of rotatable bonds is 5. The van der Waals surface area contributed by atoms with Crippen LogP contribution in [0.1, 0.15) is 49.4 Å². The SMILES string of the molecule is Cc1ccc(S(=O)(=O)NC(c2cc3ccccc3[nH]2)C2CCCCC2)cc1. The van der Waals surface area contributed by atoms with Crippen LogP contribution in [0.25, 0.3) is 10.9 Å². The smallest absolute Gasteiger partial charge is 0.241 e. The number of aromatic amines is 1. The van der Waals surface area contributed by atoms with E-state index in [2.05, 4.69) is 21.8 Å². The van der Waals surface area contributed by atoms with Crippen LogP contribution in [0.4, 0.5) is 0 Å². The summed E-state index contributed by atoms with van der Waals surface area (Å²) in [6.07, 6.45) is 5.66. The maximum atomic E-state index is 13.1. The van der Waals surface area contributed by atoms with Crippen molar-refractivity contribution in [1.29, 1.82) is 0 Å². The highest BCUT2D eigenvalue weighted by Crippen LogP contribution is 2.36. The number of aryl methyl sites for hydroxylation is 1. The quantitative estimate of drug-likeness (QED) is 0.647. The van der Waals surface area contributed by atoms with E-state index >= 15 is 0 Å². The van der Waals surface area contributed by atoms with Crippen molar-refractivity contribution in [2.45, 2.75) is 50.0 Å². The Hall–Kier alpha value is -2.11. The lowest BCUT2D eigenvalue weighted by atomic mass is 9.83. The maximum Gasteiger partial charge on any atom is 0.241 e. The van der Waals surface area contributed by atoms with Crippen LogP contribution in [0.3, 0.4) is 0 Å². The van der Waals surface area contributed by atoms with Crippen LogP contribution in [0, 0.1) is 12.8 Å². The molecule has 142 valence electrons. The lowest BCUT2D eigenvalue weighted by Crippen LogP contribution is -2.34. The first-order chi connectivity index (χ1) is 13.0. The second-order valence-corrected chi connectivity index (χ2v) is 9.34. The Kier molecular flexibility index (Phi) is 5.06. The molecule has 0 radical (unpaired) electrons. The van der Waals surface area contributed by atoms with Crippen molar-refractivity contribution in [1.82, 2.24) is 9.71 Å². The monoisotopic (exact) mass is 382 g/mol. The summed E-state index contributed by atoms with van der Waals surface area (Å²) in [5, 5.41) is 1.11. The highest BCUT2D eigenvalue weighted by molar-refractivity contribution is 7.89. The van der Waals surface area contributed by atoms with Gasteiger partial charge < -0.3 is 4.98 Å². The molecule has 0 saturated heterocycles. The summed E-state index contributed by atoms with van der Waals surface area (Å²) < 4.78 is 29.1. The number of hydrogen-bond donors (Lipinski definition) is 2. The van der Waals surface area contributed by atoms with Gasteiger partial charge in [0.25, 0.3) is 0 Å². The summed E-state index contributed by atoms with van der Waals surface area (Å²) in [5.41, 5.74) is 3.05. The van der Waals surface area contributed by atoms with Crippen molar-refractivity contribution < 1.29 is 8.42 Å². The summed E-state index contributed by atoms with van der Waals surface area (Å²) >= 11 is 0. The molecule has 2 aromatic carbocycles. The normalized spacial score (nSPS) is 17.2. The molecule has 5 heteroatoms. The van der Waals surface area contributed by atoms with Gasteiger partial charge in [-0.15, -0.1) is 0 Å². The zero-order valence-corrected chi connectivity index (χ0v) is 16.4. The Morgan fingerprint density at radius 3 is 2.41 bits per heavy atom. The Morgan fingerprint density at radius 2 is 1.70 bits per heavy atom. The van der Waals surface area contributed by atoms with Crippen LogP contribution >= 0.6 is 0 Å². The summed E-state index contributed by atoms with van der Waals surface area (Å²) in [6.45, 7) is 1.96. The second kappa shape index (κ2) is 7.49. The predicted octanol–water partition coefficient (Wildman–Crippen LogP) is 5.08. The van der Waals surface area contributed by atoms with Crippen LogP contribution in [0.15, 0.2) is 59.5 Å². The minimum absolute atomic E-state index is 0.232. The molecule has 1 aromatic heterocycles. The third-order valence-corrected chi connectivity index (χ3v) is 7.08. The lowest BCUT2D eigenvalue weighted by molar-refractivity contribution is 0.291. The van der Waals surface area contributed by atoms with Crippen LogP contribution in [-0.2, 0) is 10.0 Å². The Labute approximate surface area is 161 Å². The molecule has 4 rings (SSSR count). The fourth-order valence-electron chi connectivity index (χ4n) is 4.10. The van der Waals surface area contributed by atoms with Gasteiger partial charge in [0.15, 0.2) is 0 Å². The Bertz CT molecular complexity index is 983. The van der Waals surface area contributed by atoms with E-state index in [-0.39, 0.29) is 6.04 Å². The van der Waals surface area contributed by atoms with Gasteiger partial charge in [-0.05, 0) is 55.3 Å². The maximum absolute atomic E-state index is 13.1. The van der Waals surface area contributed by atoms with Crippen molar-refractivity contribution in [2.75, 3.05) is 0 Å². The molecule has 3 aromatic rings. The van der Waals surface area contributed by atoms with Crippen molar-refractivity contribution in [2.24, 2.45) is 5.92 Å². The summed E-state index contributed by atoms with van der Waals surface area (Å²) in [6, 6.07) is 17.0. The minimum Gasteiger partial charge on any atom is -0.357 e. The van der Waals surface area contributed by atoms with Crippen LogP contribution < -0.4 is 4.72 Å². The van der Waals surface area contributed by atoms with Gasteiger partial charge in [0.1, 0.15) is 0 Å². The molecule has 1 unspecified atom stereocenters. The molecule has 1 heterocycles. The van der Waals surface area contributed by atoms with Crippen LogP contribution in [-0.4, -0.2) is 13.4 Å². The van der Waals surface area contributed by atoms with Crippen molar-refractivity contribution in [3.63, 3.8) is 0 Å². The fraction of sp³-hybridized carbons (Fsp3) is 0.364. The van der Waals surface area contributed by atoms with E-state index in [9.17, 15) is 8.42 Å². The minimum atomic E-state index is -3.58. The highest BCUT2D eigenvalue weighted by atomic mass is 32.2. The molecule has 0 bridgehead atoms. The Morgan fingerprint density at radius 1 is 1.00 bits per heavy atom. The Balaban J connectivity index is 1.70. The van der Waals surface area contributed by atoms with Gasteiger partial charge in [-0.1, -0.05) is 55.2 Å². The molecule has 27 heavy (non-hydrogen) atoms. The molecule has 0 amide bonds. The topological polar surface area (TPSA) is 62.0 Å². The molecular weight excluding hydrogens is 356 g/mol. The molecule has 1 aliphatic carbocycles. The first kappa shape index (κ1) is 18.3. The average Bonchev–Trinajstić information content (AvgIpc) is 3.11. The van der Waals surface area contributed by atoms with Crippen molar-refractivity contribution >= 4 is 20.9 Å². The molecule has 4 nitrogen and oxygen atoms in total. The average molecular weight is 383 g/mol. The molecule has 1 aliphatic rings. The molecule has 0 aliphatic heterocycles. The molecule has 1 saturated carbocycles. The molecule has 0 spiro atoms.